The molecule has 162 valence electrons. The van der Waals surface area contributed by atoms with Gasteiger partial charge in [0.15, 0.2) is 0 Å². The third-order valence-corrected chi connectivity index (χ3v) is 6.47. The number of thiazole rings is 1. The van der Waals surface area contributed by atoms with Crippen molar-refractivity contribution in [3.8, 4) is 10.4 Å². The molecule has 4 N–H and O–H groups in total. The van der Waals surface area contributed by atoms with Gasteiger partial charge in [-0.3, -0.25) is 19.8 Å². The molecule has 3 rings (SSSR count). The smallest absolute Gasteiger partial charge is 0.244 e. The summed E-state index contributed by atoms with van der Waals surface area (Å²) in [5.41, 5.74) is 10.5. The lowest BCUT2D eigenvalue weighted by Crippen LogP contribution is -2.53. The van der Waals surface area contributed by atoms with Crippen LogP contribution in [0.4, 0.5) is 0 Å². The minimum atomic E-state index is -0.788. The van der Waals surface area contributed by atoms with Gasteiger partial charge in [-0.05, 0) is 29.9 Å². The van der Waals surface area contributed by atoms with Gasteiger partial charge in [-0.2, -0.15) is 0 Å². The Bertz CT molecular complexity index is 904. The van der Waals surface area contributed by atoms with Crippen LogP contribution in [0, 0.1) is 12.3 Å². The molecule has 0 saturated carbocycles. The second-order valence-electron chi connectivity index (χ2n) is 9.00. The summed E-state index contributed by atoms with van der Waals surface area (Å²) in [6.07, 6.45) is -0.312. The van der Waals surface area contributed by atoms with Crippen LogP contribution in [0.3, 0.4) is 0 Å². The number of aryl methyl sites for hydroxylation is 1. The molecular weight excluding hydrogens is 400 g/mol. The lowest BCUT2D eigenvalue weighted by atomic mass is 9.87. The number of nitrogens with one attached hydrogen (secondary N) is 1. The largest absolute Gasteiger partial charge is 0.392 e. The average Bonchev–Trinajstić information content (AvgIpc) is 3.26. The van der Waals surface area contributed by atoms with Crippen LogP contribution < -0.4 is 11.1 Å². The number of aliphatic hydroxyl groups excluding tert-OH is 1. The van der Waals surface area contributed by atoms with Gasteiger partial charge in [-0.25, -0.2) is 4.98 Å². The van der Waals surface area contributed by atoms with Crippen LogP contribution in [0.1, 0.15) is 38.4 Å². The van der Waals surface area contributed by atoms with Crippen LogP contribution in [0.25, 0.3) is 10.4 Å². The fourth-order valence-corrected chi connectivity index (χ4v) is 4.39. The van der Waals surface area contributed by atoms with Crippen LogP contribution >= 0.6 is 11.3 Å². The third kappa shape index (κ3) is 5.13. The van der Waals surface area contributed by atoms with Crippen molar-refractivity contribution in [2.24, 2.45) is 11.1 Å². The van der Waals surface area contributed by atoms with Gasteiger partial charge in [-0.1, -0.05) is 45.0 Å². The zero-order valence-corrected chi connectivity index (χ0v) is 18.7. The summed E-state index contributed by atoms with van der Waals surface area (Å²) in [5.74, 6) is -0.897. The second kappa shape index (κ2) is 8.93. The Labute approximate surface area is 181 Å². The molecule has 1 aliphatic heterocycles. The monoisotopic (exact) mass is 430 g/mol. The van der Waals surface area contributed by atoms with E-state index in [9.17, 15) is 14.7 Å². The first kappa shape index (κ1) is 22.6. The van der Waals surface area contributed by atoms with Gasteiger partial charge >= 0.3 is 0 Å². The average molecular weight is 431 g/mol. The molecule has 8 heteroatoms. The molecule has 1 saturated heterocycles. The number of hydrogen-bond donors (Lipinski definition) is 3. The van der Waals surface area contributed by atoms with E-state index in [0.29, 0.717) is 19.5 Å². The molecule has 0 radical (unpaired) electrons. The summed E-state index contributed by atoms with van der Waals surface area (Å²) >= 11 is 1.61. The first-order valence-corrected chi connectivity index (χ1v) is 11.0. The Kier molecular flexibility index (Phi) is 6.71. The highest BCUT2D eigenvalue weighted by Gasteiger charge is 2.38. The van der Waals surface area contributed by atoms with Crippen molar-refractivity contribution in [2.75, 3.05) is 6.54 Å². The minimum absolute atomic E-state index is 0.294. The molecule has 2 aromatic rings. The predicted molar refractivity (Wildman–Crippen MR) is 118 cm³/mol. The van der Waals surface area contributed by atoms with Crippen LogP contribution in [-0.2, 0) is 16.1 Å². The molecule has 30 heavy (non-hydrogen) atoms. The van der Waals surface area contributed by atoms with E-state index in [4.69, 9.17) is 5.73 Å². The van der Waals surface area contributed by atoms with Crippen LogP contribution in [0.5, 0.6) is 0 Å². The number of nitrogens with two attached hydrogens (primary N) is 1. The lowest BCUT2D eigenvalue weighted by Gasteiger charge is -2.27. The molecule has 1 aliphatic rings. The van der Waals surface area contributed by atoms with Crippen molar-refractivity contribution >= 4 is 23.2 Å². The topological polar surface area (TPSA) is 109 Å². The van der Waals surface area contributed by atoms with Gasteiger partial charge in [0, 0.05) is 13.1 Å². The number of aliphatic hydroxyl groups is 1. The van der Waals surface area contributed by atoms with E-state index in [-0.39, 0.29) is 0 Å². The maximum absolute atomic E-state index is 12.7. The van der Waals surface area contributed by atoms with Crippen molar-refractivity contribution in [3.05, 3.63) is 41.0 Å². The molecule has 2 heterocycles. The fraction of sp³-hybridized carbons (Fsp3) is 0.500. The number of hydrogen-bond acceptors (Lipinski definition) is 7. The molecule has 0 unspecified atom stereocenters. The number of carbonyl (C=O) groups excluding carboxylic acids is 2. The zero-order chi connectivity index (χ0) is 22.1. The highest BCUT2D eigenvalue weighted by molar-refractivity contribution is 7.13. The predicted octanol–water partition coefficient (Wildman–Crippen LogP) is 2.07. The molecule has 7 nitrogen and oxygen atoms in total. The van der Waals surface area contributed by atoms with Crippen molar-refractivity contribution < 1.29 is 14.7 Å². The quantitative estimate of drug-likeness (QED) is 0.670. The van der Waals surface area contributed by atoms with Crippen molar-refractivity contribution in [1.82, 2.24) is 15.2 Å². The van der Waals surface area contributed by atoms with Crippen molar-refractivity contribution in [1.29, 1.82) is 0 Å². The van der Waals surface area contributed by atoms with Crippen LogP contribution in [0.2, 0.25) is 0 Å². The number of likely N-dealkylation sites (tertiary alicyclic amines) is 1. The Morgan fingerprint density at radius 2 is 2.00 bits per heavy atom. The molecule has 0 bridgehead atoms. The van der Waals surface area contributed by atoms with Gasteiger partial charge in [0.25, 0.3) is 0 Å². The Morgan fingerprint density at radius 1 is 1.33 bits per heavy atom. The van der Waals surface area contributed by atoms with Gasteiger partial charge < -0.3 is 10.8 Å². The van der Waals surface area contributed by atoms with E-state index in [0.717, 1.165) is 21.7 Å². The molecule has 3 atom stereocenters. The maximum Gasteiger partial charge on any atom is 0.244 e. The Balaban J connectivity index is 1.67. The lowest BCUT2D eigenvalue weighted by molar-refractivity contribution is -0.134. The summed E-state index contributed by atoms with van der Waals surface area (Å²) in [6, 6.07) is 6.78. The number of aromatic nitrogens is 1. The Hall–Kier alpha value is -2.13. The van der Waals surface area contributed by atoms with Crippen molar-refractivity contribution in [3.63, 3.8) is 0 Å². The van der Waals surface area contributed by atoms with E-state index >= 15 is 0 Å². The fourth-order valence-electron chi connectivity index (χ4n) is 3.58. The molecule has 1 aromatic heterocycles. The number of imide groups is 1. The highest BCUT2D eigenvalue weighted by Crippen LogP contribution is 2.28. The summed E-state index contributed by atoms with van der Waals surface area (Å²) < 4.78 is 0. The van der Waals surface area contributed by atoms with E-state index in [1.54, 1.807) is 11.3 Å². The summed E-state index contributed by atoms with van der Waals surface area (Å²) in [7, 11) is 0. The summed E-state index contributed by atoms with van der Waals surface area (Å²) in [6.45, 7) is 8.44. The SMILES string of the molecule is Cc1ncsc1-c1ccc(CN2C[C@@H](O)C[C@@H]2C(=O)NC(=O)[C@@H](N)C(C)(C)C)cc1. The first-order valence-electron chi connectivity index (χ1n) is 10.1. The van der Waals surface area contributed by atoms with E-state index in [2.05, 4.69) is 10.3 Å². The number of carbonyl (C=O) groups is 2. The highest BCUT2D eigenvalue weighted by atomic mass is 32.1. The maximum atomic E-state index is 12.7. The number of nitrogens with zero attached hydrogens (tertiary/aromatic N) is 2. The second-order valence-corrected chi connectivity index (χ2v) is 9.85. The molecule has 0 spiro atoms. The molecular formula is C22H30N4O3S. The molecule has 2 amide bonds. The molecule has 1 aromatic carbocycles. The zero-order valence-electron chi connectivity index (χ0n) is 17.9. The standard InChI is InChI=1S/C22H30N4O3S/c1-13-18(30-12-24-13)15-7-5-14(6-8-15)10-26-11-16(27)9-17(26)20(28)25-21(29)19(23)22(2,3)4/h5-8,12,16-17,19,27H,9-11,23H2,1-4H3,(H,25,28,29)/t16-,17+,19+/m0/s1. The number of rotatable bonds is 5. The normalized spacial score (nSPS) is 20.9. The Morgan fingerprint density at radius 3 is 2.57 bits per heavy atom. The minimum Gasteiger partial charge on any atom is -0.392 e. The first-order chi connectivity index (χ1) is 14.1. The van der Waals surface area contributed by atoms with Crippen molar-refractivity contribution in [2.45, 2.75) is 58.8 Å². The van der Waals surface area contributed by atoms with E-state index in [1.165, 1.54) is 0 Å². The van der Waals surface area contributed by atoms with Crippen LogP contribution in [0.15, 0.2) is 29.8 Å². The summed E-state index contributed by atoms with van der Waals surface area (Å²) in [4.78, 5) is 32.4. The van der Waals surface area contributed by atoms with Gasteiger partial charge in [0.05, 0.1) is 34.3 Å². The van der Waals surface area contributed by atoms with E-state index in [1.807, 2.05) is 62.4 Å². The molecule has 0 aliphatic carbocycles. The number of amides is 2. The van der Waals surface area contributed by atoms with Gasteiger partial charge in [0.1, 0.15) is 0 Å². The number of β-amino-alcohol motifs (C(OH)–C–C–N with tert-alkyl or cyclic N) is 1. The van der Waals surface area contributed by atoms with Gasteiger partial charge in [-0.15, -0.1) is 11.3 Å². The van der Waals surface area contributed by atoms with Gasteiger partial charge in [0.2, 0.25) is 11.8 Å². The third-order valence-electron chi connectivity index (χ3n) is 5.49. The molecule has 1 fully saturated rings. The van der Waals surface area contributed by atoms with Crippen LogP contribution in [-0.4, -0.2) is 51.5 Å². The van der Waals surface area contributed by atoms with E-state index < -0.39 is 35.4 Å². The number of benzene rings is 1. The summed E-state index contributed by atoms with van der Waals surface area (Å²) in [5, 5.41) is 12.6.